The minimum Gasteiger partial charge on any atom is -0.339 e. The summed E-state index contributed by atoms with van der Waals surface area (Å²) >= 11 is 5.90. The lowest BCUT2D eigenvalue weighted by atomic mass is 9.76. The van der Waals surface area contributed by atoms with Crippen molar-refractivity contribution in [3.05, 3.63) is 64.4 Å². The number of hydrogen-bond donors (Lipinski definition) is 1. The zero-order valence-electron chi connectivity index (χ0n) is 15.8. The molecule has 2 aliphatic rings. The predicted octanol–water partition coefficient (Wildman–Crippen LogP) is 3.94. The molecule has 1 heterocycles. The molecule has 0 radical (unpaired) electrons. The third-order valence-corrected chi connectivity index (χ3v) is 7.44. The molecular formula is C21H22ClFN2O3S. The standard InChI is InChI=1S/C21H22ClFN2O3S/c22-16-5-3-14(4-6-16)15-11-17(12-15)24-29(27,28)18-7-8-20(23)19(13-18)21(26)25-9-1-2-10-25/h3-8,13,15,17,24H,1-2,9-12H2. The van der Waals surface area contributed by atoms with Crippen LogP contribution in [0.5, 0.6) is 0 Å². The first-order valence-corrected chi connectivity index (χ1v) is 11.6. The largest absolute Gasteiger partial charge is 0.339 e. The third kappa shape index (κ3) is 4.32. The second kappa shape index (κ2) is 8.05. The second-order valence-corrected chi connectivity index (χ2v) is 9.83. The van der Waals surface area contributed by atoms with Crippen LogP contribution in [0, 0.1) is 5.82 Å². The number of amides is 1. The summed E-state index contributed by atoms with van der Waals surface area (Å²) in [6.45, 7) is 1.14. The van der Waals surface area contributed by atoms with Gasteiger partial charge in [0.2, 0.25) is 10.0 Å². The number of carbonyl (C=O) groups excluding carboxylic acids is 1. The van der Waals surface area contributed by atoms with Crippen LogP contribution >= 0.6 is 11.6 Å². The zero-order valence-corrected chi connectivity index (χ0v) is 17.3. The molecule has 1 aliphatic heterocycles. The summed E-state index contributed by atoms with van der Waals surface area (Å²) in [5.41, 5.74) is 0.938. The molecular weight excluding hydrogens is 415 g/mol. The van der Waals surface area contributed by atoms with Gasteiger partial charge in [-0.05, 0) is 67.5 Å². The van der Waals surface area contributed by atoms with Gasteiger partial charge in [-0.15, -0.1) is 0 Å². The fourth-order valence-electron chi connectivity index (χ4n) is 3.93. The van der Waals surface area contributed by atoms with Crippen LogP contribution in [-0.2, 0) is 10.0 Å². The summed E-state index contributed by atoms with van der Waals surface area (Å²) in [7, 11) is -3.84. The number of halogens is 2. The second-order valence-electron chi connectivity index (χ2n) is 7.68. The predicted molar refractivity (Wildman–Crippen MR) is 109 cm³/mol. The number of carbonyl (C=O) groups is 1. The van der Waals surface area contributed by atoms with Gasteiger partial charge < -0.3 is 4.90 Å². The SMILES string of the molecule is O=C(c1cc(S(=O)(=O)NC2CC(c3ccc(Cl)cc3)C2)ccc1F)N1CCCC1. The number of sulfonamides is 1. The molecule has 2 aromatic rings. The Morgan fingerprint density at radius 1 is 1.07 bits per heavy atom. The highest BCUT2D eigenvalue weighted by Gasteiger charge is 2.34. The van der Waals surface area contributed by atoms with Crippen molar-refractivity contribution >= 4 is 27.5 Å². The molecule has 1 aliphatic carbocycles. The summed E-state index contributed by atoms with van der Waals surface area (Å²) in [4.78, 5) is 14.0. The van der Waals surface area contributed by atoms with Crippen molar-refractivity contribution in [2.75, 3.05) is 13.1 Å². The van der Waals surface area contributed by atoms with Crippen LogP contribution in [0.2, 0.25) is 5.02 Å². The van der Waals surface area contributed by atoms with E-state index in [-0.39, 0.29) is 22.4 Å². The van der Waals surface area contributed by atoms with E-state index in [9.17, 15) is 17.6 Å². The molecule has 0 unspecified atom stereocenters. The van der Waals surface area contributed by atoms with E-state index in [0.29, 0.717) is 31.0 Å². The summed E-state index contributed by atoms with van der Waals surface area (Å²) in [6.07, 6.45) is 3.12. The van der Waals surface area contributed by atoms with E-state index in [1.54, 1.807) is 4.90 Å². The van der Waals surface area contributed by atoms with Gasteiger partial charge in [-0.25, -0.2) is 17.5 Å². The molecule has 8 heteroatoms. The average Bonchev–Trinajstić information content (AvgIpc) is 3.20. The van der Waals surface area contributed by atoms with Crippen molar-refractivity contribution in [2.24, 2.45) is 0 Å². The van der Waals surface area contributed by atoms with Gasteiger partial charge in [0.1, 0.15) is 5.82 Å². The number of hydrogen-bond acceptors (Lipinski definition) is 3. The molecule has 1 saturated heterocycles. The number of likely N-dealkylation sites (tertiary alicyclic amines) is 1. The van der Waals surface area contributed by atoms with E-state index in [2.05, 4.69) is 4.72 Å². The fourth-order valence-corrected chi connectivity index (χ4v) is 5.35. The van der Waals surface area contributed by atoms with E-state index < -0.39 is 21.7 Å². The maximum Gasteiger partial charge on any atom is 0.256 e. The lowest BCUT2D eigenvalue weighted by molar-refractivity contribution is 0.0788. The quantitative estimate of drug-likeness (QED) is 0.772. The number of nitrogens with zero attached hydrogens (tertiary/aromatic N) is 1. The maximum atomic E-state index is 14.2. The molecule has 0 spiro atoms. The van der Waals surface area contributed by atoms with Gasteiger partial charge in [0.05, 0.1) is 10.5 Å². The van der Waals surface area contributed by atoms with Crippen molar-refractivity contribution < 1.29 is 17.6 Å². The Bertz CT molecular complexity index is 1010. The molecule has 1 amide bonds. The van der Waals surface area contributed by atoms with Crippen LogP contribution in [0.4, 0.5) is 4.39 Å². The van der Waals surface area contributed by atoms with Gasteiger partial charge in [0.25, 0.3) is 5.91 Å². The van der Waals surface area contributed by atoms with Gasteiger partial charge in [-0.3, -0.25) is 4.79 Å². The first-order chi connectivity index (χ1) is 13.8. The average molecular weight is 437 g/mol. The molecule has 154 valence electrons. The molecule has 0 atom stereocenters. The summed E-state index contributed by atoms with van der Waals surface area (Å²) in [6, 6.07) is 10.8. The van der Waals surface area contributed by atoms with Crippen LogP contribution in [0.3, 0.4) is 0 Å². The van der Waals surface area contributed by atoms with Gasteiger partial charge in [0, 0.05) is 24.2 Å². The Kier molecular flexibility index (Phi) is 5.64. The number of nitrogens with one attached hydrogen (secondary N) is 1. The van der Waals surface area contributed by atoms with Gasteiger partial charge >= 0.3 is 0 Å². The van der Waals surface area contributed by atoms with Gasteiger partial charge in [0.15, 0.2) is 0 Å². The van der Waals surface area contributed by atoms with Crippen molar-refractivity contribution in [3.8, 4) is 0 Å². The van der Waals surface area contributed by atoms with E-state index in [1.165, 1.54) is 6.07 Å². The number of rotatable bonds is 5. The smallest absolute Gasteiger partial charge is 0.256 e. The van der Waals surface area contributed by atoms with Gasteiger partial charge in [-0.1, -0.05) is 23.7 Å². The summed E-state index contributed by atoms with van der Waals surface area (Å²) in [5.74, 6) is -0.878. The Hall–Kier alpha value is -1.96. The molecule has 0 aromatic heterocycles. The van der Waals surface area contributed by atoms with Crippen LogP contribution < -0.4 is 4.72 Å². The minimum atomic E-state index is -3.84. The minimum absolute atomic E-state index is 0.0867. The van der Waals surface area contributed by atoms with Crippen molar-refractivity contribution in [1.82, 2.24) is 9.62 Å². The maximum absolute atomic E-state index is 14.2. The Labute approximate surface area is 174 Å². The monoisotopic (exact) mass is 436 g/mol. The van der Waals surface area contributed by atoms with E-state index in [1.807, 2.05) is 24.3 Å². The Balaban J connectivity index is 1.44. The molecule has 5 nitrogen and oxygen atoms in total. The highest BCUT2D eigenvalue weighted by atomic mass is 35.5. The molecule has 2 fully saturated rings. The van der Waals surface area contributed by atoms with Crippen molar-refractivity contribution in [2.45, 2.75) is 42.5 Å². The first-order valence-electron chi connectivity index (χ1n) is 9.70. The topological polar surface area (TPSA) is 66.5 Å². The molecule has 29 heavy (non-hydrogen) atoms. The molecule has 1 saturated carbocycles. The lowest BCUT2D eigenvalue weighted by Crippen LogP contribution is -2.43. The van der Waals surface area contributed by atoms with Crippen LogP contribution in [0.1, 0.15) is 47.5 Å². The molecule has 0 bridgehead atoms. The molecule has 1 N–H and O–H groups in total. The highest BCUT2D eigenvalue weighted by molar-refractivity contribution is 7.89. The molecule has 4 rings (SSSR count). The van der Waals surface area contributed by atoms with Crippen LogP contribution in [0.25, 0.3) is 0 Å². The third-order valence-electron chi connectivity index (χ3n) is 5.67. The van der Waals surface area contributed by atoms with Crippen molar-refractivity contribution in [1.29, 1.82) is 0 Å². The molecule has 2 aromatic carbocycles. The van der Waals surface area contributed by atoms with Crippen LogP contribution in [-0.4, -0.2) is 38.4 Å². The Morgan fingerprint density at radius 3 is 2.38 bits per heavy atom. The summed E-state index contributed by atoms with van der Waals surface area (Å²) < 4.78 is 42.4. The van der Waals surface area contributed by atoms with Crippen molar-refractivity contribution in [3.63, 3.8) is 0 Å². The highest BCUT2D eigenvalue weighted by Crippen LogP contribution is 2.38. The first kappa shape index (κ1) is 20.3. The number of benzene rings is 2. The zero-order chi connectivity index (χ0) is 20.6. The fraction of sp³-hybridized carbons (Fsp3) is 0.381. The van der Waals surface area contributed by atoms with Gasteiger partial charge in [-0.2, -0.15) is 0 Å². The Morgan fingerprint density at radius 2 is 1.72 bits per heavy atom. The van der Waals surface area contributed by atoms with E-state index in [4.69, 9.17) is 11.6 Å². The lowest BCUT2D eigenvalue weighted by Gasteiger charge is -2.36. The van der Waals surface area contributed by atoms with E-state index >= 15 is 0 Å². The van der Waals surface area contributed by atoms with Crippen LogP contribution in [0.15, 0.2) is 47.4 Å². The summed E-state index contributed by atoms with van der Waals surface area (Å²) in [5, 5.41) is 0.668. The van der Waals surface area contributed by atoms with E-state index in [0.717, 1.165) is 30.5 Å². The normalized spacial score (nSPS) is 21.8.